The minimum Gasteiger partial charge on any atom is -0.489 e. The van der Waals surface area contributed by atoms with Crippen LogP contribution in [0, 0.1) is 18.3 Å². The van der Waals surface area contributed by atoms with Crippen LogP contribution in [0.4, 0.5) is 0 Å². The maximum absolute atomic E-state index is 11.6. The fraction of sp³-hybridized carbons (Fsp3) is 0.185. The van der Waals surface area contributed by atoms with E-state index in [4.69, 9.17) is 14.4 Å². The lowest BCUT2D eigenvalue weighted by Gasteiger charge is -2.17. The number of ether oxygens (including phenoxy) is 1. The first-order chi connectivity index (χ1) is 15.5. The first kappa shape index (κ1) is 24.1. The van der Waals surface area contributed by atoms with Crippen LogP contribution in [0.15, 0.2) is 82.0 Å². The Morgan fingerprint density at radius 3 is 2.15 bits per heavy atom. The Kier molecular flexibility index (Phi) is 7.89. The van der Waals surface area contributed by atoms with Crippen molar-refractivity contribution in [1.29, 1.82) is 5.26 Å². The third-order valence-electron chi connectivity index (χ3n) is 5.34. The smallest absolute Gasteiger partial charge is 0.336 e. The Morgan fingerprint density at radius 1 is 0.909 bits per heavy atom. The molecule has 0 fully saturated rings. The lowest BCUT2D eigenvalue weighted by atomic mass is 10.1. The molecule has 1 heterocycles. The van der Waals surface area contributed by atoms with Crippen LogP contribution in [0.5, 0.6) is 5.75 Å². The molecule has 1 aromatic heterocycles. The maximum atomic E-state index is 11.6. The van der Waals surface area contributed by atoms with E-state index in [0.717, 1.165) is 29.6 Å². The van der Waals surface area contributed by atoms with E-state index >= 15 is 0 Å². The Hall–Kier alpha value is -3.59. The molecule has 0 aliphatic heterocycles. The van der Waals surface area contributed by atoms with Crippen molar-refractivity contribution in [2.75, 3.05) is 7.05 Å². The van der Waals surface area contributed by atoms with Crippen molar-refractivity contribution in [3.05, 3.63) is 111 Å². The molecule has 0 atom stereocenters. The summed E-state index contributed by atoms with van der Waals surface area (Å²) < 4.78 is 11.2. The molecule has 0 bridgehead atoms. The van der Waals surface area contributed by atoms with Crippen molar-refractivity contribution in [1.82, 2.24) is 4.90 Å². The molecule has 0 aliphatic carbocycles. The van der Waals surface area contributed by atoms with Gasteiger partial charge >= 0.3 is 5.63 Å². The fourth-order valence-electron chi connectivity index (χ4n) is 3.67. The molecule has 0 unspecified atom stereocenters. The van der Waals surface area contributed by atoms with Gasteiger partial charge in [-0.05, 0) is 60.5 Å². The second kappa shape index (κ2) is 10.8. The number of rotatable bonds is 7. The van der Waals surface area contributed by atoms with E-state index in [1.165, 1.54) is 17.2 Å². The minimum atomic E-state index is -0.355. The first-order valence-corrected chi connectivity index (χ1v) is 10.4. The number of benzene rings is 3. The van der Waals surface area contributed by atoms with E-state index < -0.39 is 0 Å². The summed E-state index contributed by atoms with van der Waals surface area (Å²) in [5.74, 6) is 0.664. The van der Waals surface area contributed by atoms with Gasteiger partial charge in [0, 0.05) is 30.6 Å². The molecule has 168 valence electrons. The molecule has 0 aliphatic rings. The van der Waals surface area contributed by atoms with E-state index in [2.05, 4.69) is 42.3 Å². The van der Waals surface area contributed by atoms with Crippen molar-refractivity contribution < 1.29 is 9.15 Å². The predicted molar refractivity (Wildman–Crippen MR) is 132 cm³/mol. The lowest BCUT2D eigenvalue weighted by molar-refractivity contribution is 0.305. The van der Waals surface area contributed by atoms with Gasteiger partial charge in [0.25, 0.3) is 0 Å². The van der Waals surface area contributed by atoms with Gasteiger partial charge in [-0.25, -0.2) is 4.79 Å². The molecule has 4 aromatic rings. The van der Waals surface area contributed by atoms with Crippen LogP contribution in [0.1, 0.15) is 27.8 Å². The van der Waals surface area contributed by atoms with E-state index in [-0.39, 0.29) is 18.0 Å². The van der Waals surface area contributed by atoms with Gasteiger partial charge in [0.1, 0.15) is 17.9 Å². The molecule has 33 heavy (non-hydrogen) atoms. The zero-order chi connectivity index (χ0) is 22.5. The molecule has 0 saturated carbocycles. The number of halogens is 1. The maximum Gasteiger partial charge on any atom is 0.336 e. The molecule has 6 heteroatoms. The van der Waals surface area contributed by atoms with E-state index in [9.17, 15) is 4.79 Å². The highest BCUT2D eigenvalue weighted by atomic mass is 35.5. The number of aryl methyl sites for hydroxylation is 1. The van der Waals surface area contributed by atoms with Gasteiger partial charge in [-0.2, -0.15) is 5.26 Å². The third kappa shape index (κ3) is 6.23. The van der Waals surface area contributed by atoms with Gasteiger partial charge < -0.3 is 9.15 Å². The number of hydrogen-bond acceptors (Lipinski definition) is 5. The van der Waals surface area contributed by atoms with Gasteiger partial charge in [0.2, 0.25) is 0 Å². The van der Waals surface area contributed by atoms with E-state index in [1.54, 1.807) is 6.07 Å². The molecular weight excluding hydrogens is 436 g/mol. The highest BCUT2D eigenvalue weighted by Crippen LogP contribution is 2.23. The normalized spacial score (nSPS) is 10.6. The Balaban J connectivity index is 0.00000306. The standard InChI is InChI=1S/C27H24N2O3.ClH/c1-19-13-27(30)32-26-14-24(11-12-25(19)26)31-18-23-9-7-22(8-10-23)17-29(2)16-21-5-3-20(15-28)4-6-21;/h3-14H,16-18H2,1-2H3;1H. The van der Waals surface area contributed by atoms with Gasteiger partial charge in [-0.1, -0.05) is 36.4 Å². The lowest BCUT2D eigenvalue weighted by Crippen LogP contribution is -2.17. The number of nitriles is 1. The molecule has 0 N–H and O–H groups in total. The highest BCUT2D eigenvalue weighted by molar-refractivity contribution is 5.85. The van der Waals surface area contributed by atoms with Gasteiger partial charge in [-0.15, -0.1) is 12.4 Å². The van der Waals surface area contributed by atoms with Crippen LogP contribution in [0.2, 0.25) is 0 Å². The van der Waals surface area contributed by atoms with E-state index in [0.29, 0.717) is 23.5 Å². The van der Waals surface area contributed by atoms with Crippen molar-refractivity contribution in [3.8, 4) is 11.8 Å². The van der Waals surface area contributed by atoms with Gasteiger partial charge in [0.05, 0.1) is 11.6 Å². The van der Waals surface area contributed by atoms with Gasteiger partial charge in [-0.3, -0.25) is 4.90 Å². The monoisotopic (exact) mass is 460 g/mol. The number of hydrogen-bond donors (Lipinski definition) is 0. The average molecular weight is 461 g/mol. The van der Waals surface area contributed by atoms with Gasteiger partial charge in [0.15, 0.2) is 0 Å². The average Bonchev–Trinajstić information content (AvgIpc) is 2.78. The van der Waals surface area contributed by atoms with Crippen molar-refractivity contribution in [2.24, 2.45) is 0 Å². The fourth-order valence-corrected chi connectivity index (χ4v) is 3.67. The molecule has 5 nitrogen and oxygen atoms in total. The van der Waals surface area contributed by atoms with Crippen LogP contribution < -0.4 is 10.4 Å². The summed E-state index contributed by atoms with van der Waals surface area (Å²) in [6.07, 6.45) is 0. The first-order valence-electron chi connectivity index (χ1n) is 10.4. The molecule has 0 radical (unpaired) electrons. The molecule has 0 spiro atoms. The topological polar surface area (TPSA) is 66.5 Å². The summed E-state index contributed by atoms with van der Waals surface area (Å²) in [6, 6.07) is 25.2. The molecule has 0 amide bonds. The quantitative estimate of drug-likeness (QED) is 0.335. The molecule has 3 aromatic carbocycles. The second-order valence-electron chi connectivity index (χ2n) is 7.99. The summed E-state index contributed by atoms with van der Waals surface area (Å²) >= 11 is 0. The predicted octanol–water partition coefficient (Wildman–Crippen LogP) is 5.61. The van der Waals surface area contributed by atoms with Crippen molar-refractivity contribution in [2.45, 2.75) is 26.6 Å². The summed E-state index contributed by atoms with van der Waals surface area (Å²) in [6.45, 7) is 3.96. The molecule has 4 rings (SSSR count). The molecule has 0 saturated heterocycles. The SMILES string of the molecule is Cc1cc(=O)oc2cc(OCc3ccc(CN(C)Cc4ccc(C#N)cc4)cc3)ccc12.Cl. The number of nitrogens with zero attached hydrogens (tertiary/aromatic N) is 2. The zero-order valence-corrected chi connectivity index (χ0v) is 19.4. The van der Waals surface area contributed by atoms with Crippen LogP contribution in [-0.2, 0) is 19.7 Å². The molecular formula is C27H25ClN2O3. The van der Waals surface area contributed by atoms with Crippen LogP contribution >= 0.6 is 12.4 Å². The Labute approximate surface area is 199 Å². The largest absolute Gasteiger partial charge is 0.489 e. The number of fused-ring (bicyclic) bond motifs is 1. The van der Waals surface area contributed by atoms with Crippen LogP contribution in [0.25, 0.3) is 11.0 Å². The summed E-state index contributed by atoms with van der Waals surface area (Å²) in [5, 5.41) is 9.82. The summed E-state index contributed by atoms with van der Waals surface area (Å²) in [4.78, 5) is 13.8. The minimum absolute atomic E-state index is 0. The van der Waals surface area contributed by atoms with Crippen molar-refractivity contribution >= 4 is 23.4 Å². The summed E-state index contributed by atoms with van der Waals surface area (Å²) in [7, 11) is 2.08. The Bertz CT molecular complexity index is 1320. The Morgan fingerprint density at radius 2 is 1.52 bits per heavy atom. The summed E-state index contributed by atoms with van der Waals surface area (Å²) in [5.41, 5.74) is 5.21. The van der Waals surface area contributed by atoms with Crippen molar-refractivity contribution in [3.63, 3.8) is 0 Å². The zero-order valence-electron chi connectivity index (χ0n) is 18.6. The second-order valence-corrected chi connectivity index (χ2v) is 7.99. The van der Waals surface area contributed by atoms with Crippen LogP contribution in [-0.4, -0.2) is 11.9 Å². The third-order valence-corrected chi connectivity index (χ3v) is 5.34. The highest BCUT2D eigenvalue weighted by Gasteiger charge is 2.06. The van der Waals surface area contributed by atoms with Crippen LogP contribution in [0.3, 0.4) is 0 Å². The van der Waals surface area contributed by atoms with E-state index in [1.807, 2.05) is 43.3 Å².